The number of fused-ring (bicyclic) bond motifs is 4. The number of amides is 4. The summed E-state index contributed by atoms with van der Waals surface area (Å²) in [5.74, 6) is 0.729. The molecule has 3 aromatic carbocycles. The first kappa shape index (κ1) is 44.9. The Hall–Kier alpha value is -7.27. The van der Waals surface area contributed by atoms with E-state index >= 15 is 0 Å². The van der Waals surface area contributed by atoms with E-state index < -0.39 is 24.5 Å². The topological polar surface area (TPSA) is 175 Å². The van der Waals surface area contributed by atoms with Gasteiger partial charge in [-0.15, -0.1) is 0 Å². The van der Waals surface area contributed by atoms with Gasteiger partial charge in [0.2, 0.25) is 0 Å². The quantitative estimate of drug-likeness (QED) is 0.0875. The minimum absolute atomic E-state index is 0.00671. The third-order valence-electron chi connectivity index (χ3n) is 13.1. The Bertz CT molecular complexity index is 2590. The molecule has 350 valence electrons. The predicted octanol–water partition coefficient (Wildman–Crippen LogP) is 7.37. The summed E-state index contributed by atoms with van der Waals surface area (Å²) in [6, 6.07) is 15.2. The van der Waals surface area contributed by atoms with Crippen LogP contribution in [0.25, 0.3) is 11.3 Å². The minimum Gasteiger partial charge on any atom is -0.493 e. The van der Waals surface area contributed by atoms with Crippen molar-refractivity contribution in [2.45, 2.75) is 63.3 Å². The highest BCUT2D eigenvalue weighted by atomic mass is 16.6. The van der Waals surface area contributed by atoms with Crippen LogP contribution in [0.1, 0.15) is 71.2 Å². The van der Waals surface area contributed by atoms with E-state index in [4.69, 9.17) is 28.4 Å². The van der Waals surface area contributed by atoms with E-state index in [1.807, 2.05) is 42.7 Å². The summed E-state index contributed by atoms with van der Waals surface area (Å²) in [7, 11) is 2.98. The van der Waals surface area contributed by atoms with Gasteiger partial charge in [0.05, 0.1) is 74.3 Å². The van der Waals surface area contributed by atoms with Crippen molar-refractivity contribution in [3.05, 3.63) is 115 Å². The molecule has 9 rings (SSSR count). The molecule has 5 aliphatic rings. The van der Waals surface area contributed by atoms with Crippen LogP contribution in [0.2, 0.25) is 0 Å². The lowest BCUT2D eigenvalue weighted by Crippen LogP contribution is -2.50. The Balaban J connectivity index is 0.866. The van der Waals surface area contributed by atoms with Crippen molar-refractivity contribution in [3.63, 3.8) is 0 Å². The molecule has 4 aromatic rings. The summed E-state index contributed by atoms with van der Waals surface area (Å²) in [5, 5.41) is 16.0. The number of nitrogens with zero attached hydrogens (tertiary/aromatic N) is 6. The molecule has 17 nitrogen and oxygen atoms in total. The van der Waals surface area contributed by atoms with Gasteiger partial charge in [0.25, 0.3) is 11.8 Å². The molecular weight excluding hydrogens is 861 g/mol. The Morgan fingerprint density at radius 1 is 0.836 bits per heavy atom. The summed E-state index contributed by atoms with van der Waals surface area (Å²) in [6.45, 7) is 8.47. The van der Waals surface area contributed by atoms with E-state index in [0.717, 1.165) is 34.6 Å². The lowest BCUT2D eigenvalue weighted by atomic mass is 10.0. The number of hydrogen-bond donors (Lipinski definition) is 1. The molecule has 1 N–H and O–H groups in total. The molecule has 0 bridgehead atoms. The third-order valence-corrected chi connectivity index (χ3v) is 13.1. The number of benzene rings is 3. The standard InChI is InChI=1S/C50H54N6O11/c1-5-19-66-48(60)53-30-35-23-33(32-11-13-34(14-12-32)55-18-10-17-51-55)29-52(35)45(57)36-24-41(62-3)43(26-38(36)53)64-21-8-7-9-22-65-44-27-39-37(25-42(44)63-4)46(58)54-31-50(15-16-50)28-40(54)47(59)56(39)49(61)67-20-6-2/h5-6,10-14,17-18,24-27,29,35,40,47,59H,1-2,7-9,15-16,19-23,28,30-31H2,3-4H3/t35-,40-,47?/m0/s1. The number of carbonyl (C=O) groups excluding carboxylic acids is 4. The van der Waals surface area contributed by atoms with Crippen LogP contribution in [0.4, 0.5) is 21.0 Å². The molecule has 1 aromatic heterocycles. The molecule has 67 heavy (non-hydrogen) atoms. The van der Waals surface area contributed by atoms with Crippen LogP contribution in [0.3, 0.4) is 0 Å². The number of anilines is 2. The zero-order valence-electron chi connectivity index (χ0n) is 37.6. The molecular formula is C50H54N6O11. The van der Waals surface area contributed by atoms with E-state index in [0.29, 0.717) is 67.3 Å². The molecule has 1 saturated carbocycles. The molecule has 1 aliphatic carbocycles. The number of rotatable bonds is 16. The van der Waals surface area contributed by atoms with Gasteiger partial charge in [-0.3, -0.25) is 14.5 Å². The summed E-state index contributed by atoms with van der Waals surface area (Å²) < 4.78 is 36.5. The van der Waals surface area contributed by atoms with Crippen molar-refractivity contribution in [3.8, 4) is 28.7 Å². The van der Waals surface area contributed by atoms with Crippen molar-refractivity contribution < 1.29 is 52.7 Å². The van der Waals surface area contributed by atoms with Crippen molar-refractivity contribution in [2.75, 3.05) is 63.5 Å². The number of aliphatic hydroxyl groups is 1. The number of methoxy groups -OCH3 is 2. The second-order valence-corrected chi connectivity index (χ2v) is 17.4. The van der Waals surface area contributed by atoms with Crippen LogP contribution >= 0.6 is 0 Å². The fourth-order valence-electron chi connectivity index (χ4n) is 9.48. The average molecular weight is 915 g/mol. The first-order valence-electron chi connectivity index (χ1n) is 22.5. The van der Waals surface area contributed by atoms with Gasteiger partial charge in [-0.05, 0) is 91.8 Å². The van der Waals surface area contributed by atoms with Gasteiger partial charge in [-0.25, -0.2) is 19.2 Å². The van der Waals surface area contributed by atoms with Crippen LogP contribution in [0, 0.1) is 5.41 Å². The summed E-state index contributed by atoms with van der Waals surface area (Å²) in [4.78, 5) is 61.5. The zero-order chi connectivity index (χ0) is 46.8. The highest BCUT2D eigenvalue weighted by Gasteiger charge is 2.58. The zero-order valence-corrected chi connectivity index (χ0v) is 37.6. The molecule has 5 heterocycles. The third kappa shape index (κ3) is 8.78. The maximum atomic E-state index is 14.3. The Kier molecular flexibility index (Phi) is 12.7. The molecule has 2 fully saturated rings. The van der Waals surface area contributed by atoms with Crippen molar-refractivity contribution >= 4 is 40.9 Å². The van der Waals surface area contributed by atoms with Gasteiger partial charge in [0, 0.05) is 37.3 Å². The normalized spacial score (nSPS) is 19.9. The van der Waals surface area contributed by atoms with Gasteiger partial charge in [0.1, 0.15) is 13.2 Å². The molecule has 1 saturated heterocycles. The highest BCUT2D eigenvalue weighted by Crippen LogP contribution is 2.57. The molecule has 1 unspecified atom stereocenters. The minimum atomic E-state index is -1.33. The Morgan fingerprint density at radius 2 is 1.48 bits per heavy atom. The maximum absolute atomic E-state index is 14.3. The molecule has 4 aliphatic heterocycles. The van der Waals surface area contributed by atoms with Crippen LogP contribution in [-0.4, -0.2) is 121 Å². The number of aliphatic hydroxyl groups excluding tert-OH is 1. The number of unbranched alkanes of at least 4 members (excludes halogenated alkanes) is 2. The number of carbonyl (C=O) groups is 4. The van der Waals surface area contributed by atoms with Gasteiger partial charge < -0.3 is 43.3 Å². The highest BCUT2D eigenvalue weighted by molar-refractivity contribution is 6.07. The SMILES string of the molecule is C=CCOC(=O)N1C[C@@H]2CC(c3ccc(-n4cccn4)cc3)=CN2C(=O)c2cc(OC)c(OCCCCCOc3cc4c(cc3OC)C(=O)N3CC5(CC5)C[C@H]3C(O)N4C(=O)OCC=C)cc21. The molecule has 4 amide bonds. The van der Waals surface area contributed by atoms with Gasteiger partial charge >= 0.3 is 12.2 Å². The predicted molar refractivity (Wildman–Crippen MR) is 247 cm³/mol. The monoisotopic (exact) mass is 914 g/mol. The molecule has 3 atom stereocenters. The van der Waals surface area contributed by atoms with E-state index in [9.17, 15) is 24.3 Å². The first-order valence-corrected chi connectivity index (χ1v) is 22.5. The molecule has 1 spiro atoms. The van der Waals surface area contributed by atoms with E-state index in [2.05, 4.69) is 18.3 Å². The lowest BCUT2D eigenvalue weighted by Gasteiger charge is -2.31. The maximum Gasteiger partial charge on any atom is 0.416 e. The van der Waals surface area contributed by atoms with Crippen LogP contribution in [-0.2, 0) is 9.47 Å². The van der Waals surface area contributed by atoms with Crippen LogP contribution in [0.5, 0.6) is 23.0 Å². The summed E-state index contributed by atoms with van der Waals surface area (Å²) >= 11 is 0. The van der Waals surface area contributed by atoms with Gasteiger partial charge in [0.15, 0.2) is 29.2 Å². The second-order valence-electron chi connectivity index (χ2n) is 17.4. The average Bonchev–Trinajstić information content (AvgIpc) is 3.64. The fraction of sp³-hybridized carbons (Fsp3) is 0.380. The Morgan fingerprint density at radius 3 is 2.09 bits per heavy atom. The van der Waals surface area contributed by atoms with Crippen molar-refractivity contribution in [2.24, 2.45) is 5.41 Å². The van der Waals surface area contributed by atoms with Gasteiger partial charge in [-0.2, -0.15) is 5.10 Å². The Labute approximate surface area is 388 Å². The van der Waals surface area contributed by atoms with Crippen molar-refractivity contribution in [1.29, 1.82) is 0 Å². The number of aromatic nitrogens is 2. The van der Waals surface area contributed by atoms with Crippen molar-refractivity contribution in [1.82, 2.24) is 19.6 Å². The van der Waals surface area contributed by atoms with E-state index in [1.165, 1.54) is 31.3 Å². The van der Waals surface area contributed by atoms with E-state index in [-0.39, 0.29) is 73.1 Å². The molecule has 0 radical (unpaired) electrons. The summed E-state index contributed by atoms with van der Waals surface area (Å²) in [6.07, 6.45) is 10.6. The largest absolute Gasteiger partial charge is 0.493 e. The van der Waals surface area contributed by atoms with Crippen LogP contribution in [0.15, 0.2) is 98.5 Å². The second kappa shape index (κ2) is 18.9. The lowest BCUT2D eigenvalue weighted by molar-refractivity contribution is 0.0496. The smallest absolute Gasteiger partial charge is 0.416 e. The number of hydrogen-bond acceptors (Lipinski definition) is 12. The van der Waals surface area contributed by atoms with Crippen LogP contribution < -0.4 is 28.7 Å². The molecule has 17 heteroatoms. The first-order chi connectivity index (χ1) is 32.6. The fourth-order valence-corrected chi connectivity index (χ4v) is 9.48. The van der Waals surface area contributed by atoms with Gasteiger partial charge in [-0.1, -0.05) is 37.4 Å². The summed E-state index contributed by atoms with van der Waals surface area (Å²) in [5.41, 5.74) is 3.79. The van der Waals surface area contributed by atoms with E-state index in [1.54, 1.807) is 44.9 Å². The number of ether oxygens (including phenoxy) is 6.